The topological polar surface area (TPSA) is 70.0 Å². The number of nitrogens with zero attached hydrogens (tertiary/aromatic N) is 1. The number of aliphatic hydroxyl groups is 2. The minimum absolute atomic E-state index is 0.0702. The molecule has 0 radical (unpaired) electrons. The Kier molecular flexibility index (Phi) is 4.47. The zero-order valence-electron chi connectivity index (χ0n) is 12.8. The second-order valence-corrected chi connectivity index (χ2v) is 6.37. The molecule has 0 aromatic heterocycles. The highest BCUT2D eigenvalue weighted by Gasteiger charge is 2.45. The second-order valence-electron chi connectivity index (χ2n) is 6.37. The maximum absolute atomic E-state index is 12.4. The lowest BCUT2D eigenvalue weighted by Gasteiger charge is -2.36. The van der Waals surface area contributed by atoms with Crippen LogP contribution in [0, 0.1) is 0 Å². The maximum Gasteiger partial charge on any atom is 0.316 e. The lowest BCUT2D eigenvalue weighted by Crippen LogP contribution is -2.45. The van der Waals surface area contributed by atoms with E-state index in [-0.39, 0.29) is 36.9 Å². The van der Waals surface area contributed by atoms with Crippen LogP contribution in [0.2, 0.25) is 0 Å². The van der Waals surface area contributed by atoms with Crippen LogP contribution in [0.15, 0.2) is 30.3 Å². The fraction of sp³-hybridized carbons (Fsp3) is 0.588. The van der Waals surface area contributed by atoms with Crippen LogP contribution < -0.4 is 0 Å². The first-order chi connectivity index (χ1) is 10.6. The first-order valence-electron chi connectivity index (χ1n) is 7.86. The number of ether oxygens (including phenoxy) is 1. The molecule has 1 aromatic carbocycles. The van der Waals surface area contributed by atoms with Crippen LogP contribution in [0.25, 0.3) is 0 Å². The molecule has 2 bridgehead atoms. The number of fused-ring (bicyclic) bond motifs is 2. The SMILES string of the molecule is CN1[C@@H]2C[C@H](OC(=O)[C@H](CO)c3ccccc3)C[C@H]1[C@H](O)C2. The van der Waals surface area contributed by atoms with E-state index in [1.54, 1.807) is 0 Å². The molecule has 5 nitrogen and oxygen atoms in total. The highest BCUT2D eigenvalue weighted by atomic mass is 16.5. The molecule has 3 rings (SSSR count). The Morgan fingerprint density at radius 3 is 2.68 bits per heavy atom. The van der Waals surface area contributed by atoms with Gasteiger partial charge >= 0.3 is 5.97 Å². The summed E-state index contributed by atoms with van der Waals surface area (Å²) in [6.07, 6.45) is 1.66. The van der Waals surface area contributed by atoms with Crippen molar-refractivity contribution in [2.75, 3.05) is 13.7 Å². The summed E-state index contributed by atoms with van der Waals surface area (Å²) in [4.78, 5) is 14.6. The van der Waals surface area contributed by atoms with Crippen molar-refractivity contribution in [3.05, 3.63) is 35.9 Å². The van der Waals surface area contributed by atoms with Gasteiger partial charge in [-0.2, -0.15) is 0 Å². The molecule has 2 fully saturated rings. The van der Waals surface area contributed by atoms with Gasteiger partial charge in [0.2, 0.25) is 0 Å². The molecule has 0 amide bonds. The number of benzene rings is 1. The first kappa shape index (κ1) is 15.5. The Balaban J connectivity index is 1.65. The van der Waals surface area contributed by atoms with Crippen molar-refractivity contribution < 1.29 is 19.7 Å². The summed E-state index contributed by atoms with van der Waals surface area (Å²) in [6.45, 7) is -0.259. The van der Waals surface area contributed by atoms with Gasteiger partial charge in [0, 0.05) is 24.9 Å². The van der Waals surface area contributed by atoms with Crippen LogP contribution in [0.3, 0.4) is 0 Å². The van der Waals surface area contributed by atoms with Crippen LogP contribution in [-0.4, -0.2) is 59.0 Å². The van der Waals surface area contributed by atoms with Gasteiger partial charge in [-0.25, -0.2) is 0 Å². The van der Waals surface area contributed by atoms with Gasteiger partial charge in [-0.3, -0.25) is 9.69 Å². The molecule has 1 aromatic rings. The second kappa shape index (κ2) is 6.36. The highest BCUT2D eigenvalue weighted by molar-refractivity contribution is 5.78. The third-order valence-electron chi connectivity index (χ3n) is 5.05. The van der Waals surface area contributed by atoms with Crippen molar-refractivity contribution in [1.82, 2.24) is 4.90 Å². The van der Waals surface area contributed by atoms with E-state index in [0.717, 1.165) is 18.4 Å². The first-order valence-corrected chi connectivity index (χ1v) is 7.86. The standard InChI is InChI=1S/C17H23NO4/c1-18-12-7-13(9-15(18)16(20)8-12)22-17(21)14(10-19)11-5-3-2-4-6-11/h2-6,12-16,19-20H,7-10H2,1H3/t12-,13+,14-,15+,16-/m1/s1. The number of rotatable bonds is 4. The van der Waals surface area contributed by atoms with Crippen LogP contribution in [0.4, 0.5) is 0 Å². The summed E-state index contributed by atoms with van der Waals surface area (Å²) in [6, 6.07) is 9.56. The molecule has 22 heavy (non-hydrogen) atoms. The summed E-state index contributed by atoms with van der Waals surface area (Å²) in [7, 11) is 2.02. The number of likely N-dealkylation sites (N-methyl/N-ethyl adjacent to an activating group) is 1. The molecule has 2 aliphatic rings. The molecule has 0 unspecified atom stereocenters. The lowest BCUT2D eigenvalue weighted by molar-refractivity contribution is -0.155. The molecule has 0 aliphatic carbocycles. The molecule has 0 spiro atoms. The molecule has 0 saturated carbocycles. The van der Waals surface area contributed by atoms with Gasteiger partial charge < -0.3 is 14.9 Å². The predicted octanol–water partition coefficient (Wildman–Crippen LogP) is 0.902. The summed E-state index contributed by atoms with van der Waals surface area (Å²) in [5, 5.41) is 19.6. The number of carbonyl (C=O) groups is 1. The average Bonchev–Trinajstić information content (AvgIpc) is 2.68. The Bertz CT molecular complexity index is 521. The van der Waals surface area contributed by atoms with Gasteiger partial charge in [0.15, 0.2) is 0 Å². The Hall–Kier alpha value is -1.43. The van der Waals surface area contributed by atoms with E-state index in [0.29, 0.717) is 6.42 Å². The summed E-state index contributed by atoms with van der Waals surface area (Å²) >= 11 is 0. The van der Waals surface area contributed by atoms with Gasteiger partial charge in [0.25, 0.3) is 0 Å². The number of esters is 1. The third kappa shape index (κ3) is 2.89. The quantitative estimate of drug-likeness (QED) is 0.809. The van der Waals surface area contributed by atoms with Crippen LogP contribution in [0.5, 0.6) is 0 Å². The molecule has 2 aliphatic heterocycles. The number of carbonyl (C=O) groups excluding carboxylic acids is 1. The van der Waals surface area contributed by atoms with E-state index in [9.17, 15) is 15.0 Å². The number of hydrogen-bond donors (Lipinski definition) is 2. The van der Waals surface area contributed by atoms with Crippen LogP contribution >= 0.6 is 0 Å². The maximum atomic E-state index is 12.4. The molecule has 5 heteroatoms. The van der Waals surface area contributed by atoms with Crippen LogP contribution in [-0.2, 0) is 9.53 Å². The van der Waals surface area contributed by atoms with Crippen molar-refractivity contribution in [3.8, 4) is 0 Å². The summed E-state index contributed by atoms with van der Waals surface area (Å²) in [5.74, 6) is -1.01. The summed E-state index contributed by atoms with van der Waals surface area (Å²) < 4.78 is 5.64. The molecule has 2 N–H and O–H groups in total. The van der Waals surface area contributed by atoms with Crippen molar-refractivity contribution in [2.45, 2.75) is 49.5 Å². The highest BCUT2D eigenvalue weighted by Crippen LogP contribution is 2.36. The van der Waals surface area contributed by atoms with E-state index < -0.39 is 5.92 Å². The Morgan fingerprint density at radius 2 is 2.05 bits per heavy atom. The smallest absolute Gasteiger partial charge is 0.316 e. The van der Waals surface area contributed by atoms with E-state index in [1.807, 2.05) is 37.4 Å². The zero-order valence-corrected chi connectivity index (χ0v) is 12.8. The molecule has 5 atom stereocenters. The third-order valence-corrected chi connectivity index (χ3v) is 5.05. The normalized spacial score (nSPS) is 32.7. The minimum Gasteiger partial charge on any atom is -0.462 e. The van der Waals surface area contributed by atoms with Crippen molar-refractivity contribution in [2.24, 2.45) is 0 Å². The Morgan fingerprint density at radius 1 is 1.32 bits per heavy atom. The zero-order chi connectivity index (χ0) is 15.7. The predicted molar refractivity (Wildman–Crippen MR) is 81.3 cm³/mol. The molecule has 120 valence electrons. The minimum atomic E-state index is -0.636. The van der Waals surface area contributed by atoms with Gasteiger partial charge in [0.1, 0.15) is 12.0 Å². The monoisotopic (exact) mass is 305 g/mol. The van der Waals surface area contributed by atoms with E-state index >= 15 is 0 Å². The summed E-state index contributed by atoms with van der Waals surface area (Å²) in [5.41, 5.74) is 0.769. The van der Waals surface area contributed by atoms with Gasteiger partial charge in [-0.1, -0.05) is 30.3 Å². The van der Waals surface area contributed by atoms with E-state index in [4.69, 9.17) is 4.74 Å². The fourth-order valence-corrected chi connectivity index (χ4v) is 3.74. The Labute approximate surface area is 130 Å². The van der Waals surface area contributed by atoms with Crippen molar-refractivity contribution >= 4 is 5.97 Å². The van der Waals surface area contributed by atoms with Crippen molar-refractivity contribution in [1.29, 1.82) is 0 Å². The average molecular weight is 305 g/mol. The lowest BCUT2D eigenvalue weighted by atomic mass is 9.98. The largest absolute Gasteiger partial charge is 0.462 e. The van der Waals surface area contributed by atoms with E-state index in [1.165, 1.54) is 0 Å². The molecule has 2 heterocycles. The number of piperidine rings is 1. The molecular formula is C17H23NO4. The number of hydrogen-bond acceptors (Lipinski definition) is 5. The fourth-order valence-electron chi connectivity index (χ4n) is 3.74. The molecule has 2 saturated heterocycles. The molecular weight excluding hydrogens is 282 g/mol. The van der Waals surface area contributed by atoms with Crippen molar-refractivity contribution in [3.63, 3.8) is 0 Å². The van der Waals surface area contributed by atoms with Gasteiger partial charge in [-0.15, -0.1) is 0 Å². The van der Waals surface area contributed by atoms with Gasteiger partial charge in [-0.05, 0) is 19.0 Å². The van der Waals surface area contributed by atoms with Gasteiger partial charge in [0.05, 0.1) is 12.7 Å². The van der Waals surface area contributed by atoms with Crippen LogP contribution in [0.1, 0.15) is 30.7 Å². The number of aliphatic hydroxyl groups excluding tert-OH is 2. The van der Waals surface area contributed by atoms with E-state index in [2.05, 4.69) is 4.90 Å².